The number of carbonyl (C=O) groups excluding carboxylic acids is 1. The summed E-state index contributed by atoms with van der Waals surface area (Å²) < 4.78 is 5.43. The van der Waals surface area contributed by atoms with Gasteiger partial charge in [0.2, 0.25) is 5.88 Å². The molecule has 1 fully saturated rings. The van der Waals surface area contributed by atoms with Gasteiger partial charge in [-0.1, -0.05) is 13.0 Å². The molecule has 6 nitrogen and oxygen atoms in total. The number of ether oxygens (including phenoxy) is 1. The summed E-state index contributed by atoms with van der Waals surface area (Å²) in [5.74, 6) is 1.27. The van der Waals surface area contributed by atoms with Crippen LogP contribution in [0.1, 0.15) is 48.4 Å². The molecule has 2 aromatic rings. The molecule has 7 heteroatoms. The van der Waals surface area contributed by atoms with Crippen molar-refractivity contribution in [2.45, 2.75) is 45.2 Å². The third kappa shape index (κ3) is 4.92. The third-order valence-corrected chi connectivity index (χ3v) is 4.69. The molecule has 2 heterocycles. The van der Waals surface area contributed by atoms with E-state index in [1.54, 1.807) is 17.5 Å². The summed E-state index contributed by atoms with van der Waals surface area (Å²) in [6.45, 7) is 3.59. The van der Waals surface area contributed by atoms with Gasteiger partial charge in [-0.05, 0) is 24.8 Å². The number of nitrogens with zero attached hydrogens (tertiary/aromatic N) is 2. The molecule has 0 unspecified atom stereocenters. The van der Waals surface area contributed by atoms with Crippen molar-refractivity contribution in [3.05, 3.63) is 40.0 Å². The first kappa shape index (κ1) is 16.7. The van der Waals surface area contributed by atoms with Crippen LogP contribution in [0.4, 0.5) is 4.79 Å². The molecule has 2 amide bonds. The first-order chi connectivity index (χ1) is 11.7. The molecule has 1 aliphatic rings. The summed E-state index contributed by atoms with van der Waals surface area (Å²) in [5.41, 5.74) is 1.86. The minimum atomic E-state index is -0.206. The van der Waals surface area contributed by atoms with Gasteiger partial charge in [-0.15, -0.1) is 11.3 Å². The molecule has 0 aromatic carbocycles. The second-order valence-corrected chi connectivity index (χ2v) is 6.73. The molecule has 0 aliphatic heterocycles. The van der Waals surface area contributed by atoms with Crippen LogP contribution in [0.25, 0.3) is 0 Å². The van der Waals surface area contributed by atoms with Gasteiger partial charge in [-0.3, -0.25) is 0 Å². The monoisotopic (exact) mass is 346 g/mol. The van der Waals surface area contributed by atoms with Gasteiger partial charge < -0.3 is 15.4 Å². The predicted molar refractivity (Wildman–Crippen MR) is 93.2 cm³/mol. The van der Waals surface area contributed by atoms with E-state index in [4.69, 9.17) is 4.74 Å². The second-order valence-electron chi connectivity index (χ2n) is 5.84. The number of nitrogens with one attached hydrogen (secondary N) is 2. The summed E-state index contributed by atoms with van der Waals surface area (Å²) in [6, 6.07) is 3.52. The number of amides is 2. The van der Waals surface area contributed by atoms with Crippen molar-refractivity contribution in [1.29, 1.82) is 0 Å². The highest BCUT2D eigenvalue weighted by atomic mass is 32.1. The molecule has 0 radical (unpaired) electrons. The summed E-state index contributed by atoms with van der Waals surface area (Å²) >= 11 is 1.69. The summed E-state index contributed by atoms with van der Waals surface area (Å²) in [7, 11) is 0. The first-order valence-corrected chi connectivity index (χ1v) is 9.16. The maximum atomic E-state index is 11.9. The largest absolute Gasteiger partial charge is 0.478 e. The zero-order valence-electron chi connectivity index (χ0n) is 13.7. The number of rotatable bonds is 8. The number of carbonyl (C=O) groups is 1. The molecule has 0 atom stereocenters. The van der Waals surface area contributed by atoms with Gasteiger partial charge in [0.15, 0.2) is 0 Å². The molecule has 2 N–H and O–H groups in total. The molecule has 0 saturated heterocycles. The fourth-order valence-electron chi connectivity index (χ4n) is 2.14. The van der Waals surface area contributed by atoms with E-state index >= 15 is 0 Å². The van der Waals surface area contributed by atoms with E-state index in [2.05, 4.69) is 27.5 Å². The molecular weight excluding hydrogens is 324 g/mol. The van der Waals surface area contributed by atoms with E-state index in [0.29, 0.717) is 31.5 Å². The Morgan fingerprint density at radius 2 is 2.17 bits per heavy atom. The first-order valence-electron chi connectivity index (χ1n) is 8.28. The molecule has 0 spiro atoms. The van der Waals surface area contributed by atoms with Crippen LogP contribution in [0.15, 0.2) is 23.7 Å². The standard InChI is InChI=1S/C17H22N4O2S/c1-2-7-23-15-6-3-12(8-18-15)9-19-17(22)20-10-14-11-24-16(21-14)13-4-5-13/h3,6,8,11,13H,2,4-5,7,9-10H2,1H3,(H2,19,20,22). The van der Waals surface area contributed by atoms with E-state index in [1.165, 1.54) is 17.8 Å². The van der Waals surface area contributed by atoms with Gasteiger partial charge in [-0.2, -0.15) is 0 Å². The lowest BCUT2D eigenvalue weighted by molar-refractivity contribution is 0.240. The van der Waals surface area contributed by atoms with Crippen molar-refractivity contribution in [1.82, 2.24) is 20.6 Å². The summed E-state index contributed by atoms with van der Waals surface area (Å²) in [4.78, 5) is 20.6. The fourth-order valence-corrected chi connectivity index (χ4v) is 3.14. The highest BCUT2D eigenvalue weighted by Gasteiger charge is 2.26. The zero-order chi connectivity index (χ0) is 16.8. The van der Waals surface area contributed by atoms with Crippen molar-refractivity contribution in [3.63, 3.8) is 0 Å². The summed E-state index contributed by atoms with van der Waals surface area (Å²) in [6.07, 6.45) is 5.16. The number of aromatic nitrogens is 2. The molecule has 24 heavy (non-hydrogen) atoms. The van der Waals surface area contributed by atoms with Gasteiger partial charge in [0.05, 0.1) is 23.9 Å². The van der Waals surface area contributed by atoms with E-state index in [0.717, 1.165) is 17.7 Å². The van der Waals surface area contributed by atoms with Gasteiger partial charge in [0, 0.05) is 30.1 Å². The Kier molecular flexibility index (Phi) is 5.63. The molecule has 1 saturated carbocycles. The number of hydrogen-bond donors (Lipinski definition) is 2. The lowest BCUT2D eigenvalue weighted by Gasteiger charge is -2.07. The molecule has 128 valence electrons. The lowest BCUT2D eigenvalue weighted by Crippen LogP contribution is -2.34. The Labute approximate surface area is 145 Å². The number of hydrogen-bond acceptors (Lipinski definition) is 5. The SMILES string of the molecule is CCCOc1ccc(CNC(=O)NCc2csc(C3CC3)n2)cn1. The Morgan fingerprint density at radius 1 is 1.33 bits per heavy atom. The topological polar surface area (TPSA) is 76.1 Å². The summed E-state index contributed by atoms with van der Waals surface area (Å²) in [5, 5.41) is 8.87. The number of urea groups is 1. The Bertz CT molecular complexity index is 667. The van der Waals surface area contributed by atoms with Crippen molar-refractivity contribution in [2.24, 2.45) is 0 Å². The Balaban J connectivity index is 1.38. The van der Waals surface area contributed by atoms with Gasteiger partial charge in [0.25, 0.3) is 0 Å². The van der Waals surface area contributed by atoms with Crippen LogP contribution in [-0.2, 0) is 13.1 Å². The smallest absolute Gasteiger partial charge is 0.315 e. The van der Waals surface area contributed by atoms with Crippen LogP contribution < -0.4 is 15.4 Å². The normalized spacial score (nSPS) is 13.5. The molecule has 0 bridgehead atoms. The van der Waals surface area contributed by atoms with Crippen LogP contribution in [0.3, 0.4) is 0 Å². The highest BCUT2D eigenvalue weighted by Crippen LogP contribution is 2.41. The average molecular weight is 346 g/mol. The Hall–Kier alpha value is -2.15. The maximum Gasteiger partial charge on any atom is 0.315 e. The average Bonchev–Trinajstić information content (AvgIpc) is 3.35. The quantitative estimate of drug-likeness (QED) is 0.769. The van der Waals surface area contributed by atoms with Crippen molar-refractivity contribution in [3.8, 4) is 5.88 Å². The number of thiazole rings is 1. The van der Waals surface area contributed by atoms with E-state index in [9.17, 15) is 4.79 Å². The zero-order valence-corrected chi connectivity index (χ0v) is 14.6. The lowest BCUT2D eigenvalue weighted by atomic mass is 10.3. The molecule has 3 rings (SSSR count). The van der Waals surface area contributed by atoms with E-state index in [-0.39, 0.29) is 6.03 Å². The van der Waals surface area contributed by atoms with Crippen molar-refractivity contribution < 1.29 is 9.53 Å². The van der Waals surface area contributed by atoms with Crippen LogP contribution in [0.2, 0.25) is 0 Å². The maximum absolute atomic E-state index is 11.9. The van der Waals surface area contributed by atoms with Crippen molar-refractivity contribution >= 4 is 17.4 Å². The Morgan fingerprint density at radius 3 is 2.88 bits per heavy atom. The fraction of sp³-hybridized carbons (Fsp3) is 0.471. The van der Waals surface area contributed by atoms with Gasteiger partial charge in [-0.25, -0.2) is 14.8 Å². The van der Waals surface area contributed by atoms with Gasteiger partial charge >= 0.3 is 6.03 Å². The van der Waals surface area contributed by atoms with Crippen LogP contribution in [0, 0.1) is 0 Å². The molecular formula is C17H22N4O2S. The molecule has 2 aromatic heterocycles. The minimum absolute atomic E-state index is 0.206. The molecule has 1 aliphatic carbocycles. The van der Waals surface area contributed by atoms with Crippen LogP contribution >= 0.6 is 11.3 Å². The van der Waals surface area contributed by atoms with E-state index < -0.39 is 0 Å². The van der Waals surface area contributed by atoms with Crippen LogP contribution in [-0.4, -0.2) is 22.6 Å². The predicted octanol–water partition coefficient (Wildman–Crippen LogP) is 3.20. The van der Waals surface area contributed by atoms with Crippen LogP contribution in [0.5, 0.6) is 5.88 Å². The highest BCUT2D eigenvalue weighted by molar-refractivity contribution is 7.09. The van der Waals surface area contributed by atoms with E-state index in [1.807, 2.05) is 17.5 Å². The third-order valence-electron chi connectivity index (χ3n) is 3.63. The second kappa shape index (κ2) is 8.10. The minimum Gasteiger partial charge on any atom is -0.478 e. The van der Waals surface area contributed by atoms with Gasteiger partial charge in [0.1, 0.15) is 0 Å². The number of pyridine rings is 1. The van der Waals surface area contributed by atoms with Crippen molar-refractivity contribution in [2.75, 3.05) is 6.61 Å².